The SMILES string of the molecule is C[C@@H](O)[C@H](NC(=O)C1CC2CCCCC2N1)C(=O)O. The Morgan fingerprint density at radius 2 is 2.00 bits per heavy atom. The highest BCUT2D eigenvalue weighted by molar-refractivity contribution is 5.87. The maximum atomic E-state index is 12.1. The van der Waals surface area contributed by atoms with E-state index in [-0.39, 0.29) is 11.9 Å². The molecule has 108 valence electrons. The minimum absolute atomic E-state index is 0.317. The van der Waals surface area contributed by atoms with E-state index in [2.05, 4.69) is 10.6 Å². The normalized spacial score (nSPS) is 33.3. The quantitative estimate of drug-likeness (QED) is 0.570. The van der Waals surface area contributed by atoms with E-state index >= 15 is 0 Å². The van der Waals surface area contributed by atoms with Crippen molar-refractivity contribution in [3.05, 3.63) is 0 Å². The molecule has 1 saturated heterocycles. The van der Waals surface area contributed by atoms with Gasteiger partial charge in [0.2, 0.25) is 5.91 Å². The zero-order valence-electron chi connectivity index (χ0n) is 11.1. The Balaban J connectivity index is 1.91. The Kier molecular flexibility index (Phi) is 4.42. The summed E-state index contributed by atoms with van der Waals surface area (Å²) in [6.07, 6.45) is 4.29. The first-order chi connectivity index (χ1) is 8.99. The van der Waals surface area contributed by atoms with E-state index in [4.69, 9.17) is 5.11 Å². The molecule has 0 radical (unpaired) electrons. The van der Waals surface area contributed by atoms with Gasteiger partial charge in [0.1, 0.15) is 0 Å². The summed E-state index contributed by atoms with van der Waals surface area (Å²) in [6.45, 7) is 1.36. The highest BCUT2D eigenvalue weighted by atomic mass is 16.4. The number of carbonyl (C=O) groups is 2. The van der Waals surface area contributed by atoms with Gasteiger partial charge in [0.05, 0.1) is 12.1 Å². The largest absolute Gasteiger partial charge is 0.480 e. The molecule has 0 aromatic rings. The molecule has 0 spiro atoms. The molecule has 5 atom stereocenters. The lowest BCUT2D eigenvalue weighted by Crippen LogP contribution is -2.53. The van der Waals surface area contributed by atoms with Crippen LogP contribution in [0.1, 0.15) is 39.0 Å². The molecule has 6 heteroatoms. The van der Waals surface area contributed by atoms with E-state index in [1.807, 2.05) is 0 Å². The minimum Gasteiger partial charge on any atom is -0.480 e. The number of carbonyl (C=O) groups excluding carboxylic acids is 1. The van der Waals surface area contributed by atoms with Gasteiger partial charge in [-0.3, -0.25) is 4.79 Å². The van der Waals surface area contributed by atoms with Gasteiger partial charge in [0, 0.05) is 6.04 Å². The molecule has 1 heterocycles. The second-order valence-electron chi connectivity index (χ2n) is 5.67. The Labute approximate surface area is 112 Å². The van der Waals surface area contributed by atoms with Gasteiger partial charge >= 0.3 is 5.97 Å². The van der Waals surface area contributed by atoms with Crippen LogP contribution in [0, 0.1) is 5.92 Å². The molecular formula is C13H22N2O4. The van der Waals surface area contributed by atoms with Crippen LogP contribution in [0.15, 0.2) is 0 Å². The van der Waals surface area contributed by atoms with Crippen LogP contribution in [0.4, 0.5) is 0 Å². The number of amides is 1. The van der Waals surface area contributed by atoms with Crippen molar-refractivity contribution in [3.63, 3.8) is 0 Å². The predicted molar refractivity (Wildman–Crippen MR) is 68.5 cm³/mol. The van der Waals surface area contributed by atoms with E-state index in [0.29, 0.717) is 12.0 Å². The van der Waals surface area contributed by atoms with Crippen molar-refractivity contribution in [2.75, 3.05) is 0 Å². The van der Waals surface area contributed by atoms with Crippen LogP contribution >= 0.6 is 0 Å². The number of carboxylic acid groups (broad SMARTS) is 1. The maximum absolute atomic E-state index is 12.1. The van der Waals surface area contributed by atoms with E-state index in [9.17, 15) is 14.7 Å². The number of carboxylic acids is 1. The molecule has 2 rings (SSSR count). The predicted octanol–water partition coefficient (Wildman–Crippen LogP) is -0.143. The Morgan fingerprint density at radius 1 is 1.32 bits per heavy atom. The van der Waals surface area contributed by atoms with Gasteiger partial charge in [-0.15, -0.1) is 0 Å². The lowest BCUT2D eigenvalue weighted by Gasteiger charge is -2.24. The fraction of sp³-hybridized carbons (Fsp3) is 0.846. The molecule has 2 aliphatic rings. The average molecular weight is 270 g/mol. The lowest BCUT2D eigenvalue weighted by atomic mass is 9.85. The van der Waals surface area contributed by atoms with Crippen LogP contribution in [-0.4, -0.2) is 46.3 Å². The molecule has 1 aliphatic heterocycles. The second-order valence-corrected chi connectivity index (χ2v) is 5.67. The van der Waals surface area contributed by atoms with Crippen LogP contribution in [0.3, 0.4) is 0 Å². The monoisotopic (exact) mass is 270 g/mol. The summed E-state index contributed by atoms with van der Waals surface area (Å²) in [7, 11) is 0. The number of rotatable bonds is 4. The molecule has 3 unspecified atom stereocenters. The lowest BCUT2D eigenvalue weighted by molar-refractivity contribution is -0.145. The molecule has 1 saturated carbocycles. The van der Waals surface area contributed by atoms with Crippen molar-refractivity contribution >= 4 is 11.9 Å². The molecule has 4 N–H and O–H groups in total. The number of hydrogen-bond acceptors (Lipinski definition) is 4. The third-order valence-electron chi connectivity index (χ3n) is 4.23. The minimum atomic E-state index is -1.24. The maximum Gasteiger partial charge on any atom is 0.328 e. The van der Waals surface area contributed by atoms with E-state index in [1.54, 1.807) is 0 Å². The summed E-state index contributed by atoms with van der Waals surface area (Å²) in [5, 5.41) is 24.0. The van der Waals surface area contributed by atoms with Crippen molar-refractivity contribution < 1.29 is 19.8 Å². The Bertz CT molecular complexity index is 345. The van der Waals surface area contributed by atoms with Gasteiger partial charge < -0.3 is 20.8 Å². The standard InChI is InChI=1S/C13H22N2O4/c1-7(16)11(13(18)19)15-12(17)10-6-8-4-2-3-5-9(8)14-10/h7-11,14,16H,2-6H2,1H3,(H,15,17)(H,18,19)/t7-,8?,9?,10?,11+/m1/s1. The number of aliphatic hydroxyl groups excluding tert-OH is 1. The highest BCUT2D eigenvalue weighted by Crippen LogP contribution is 2.33. The molecule has 2 fully saturated rings. The molecule has 0 bridgehead atoms. The molecule has 1 amide bonds. The molecule has 19 heavy (non-hydrogen) atoms. The molecule has 6 nitrogen and oxygen atoms in total. The highest BCUT2D eigenvalue weighted by Gasteiger charge is 2.39. The van der Waals surface area contributed by atoms with E-state index < -0.39 is 18.1 Å². The van der Waals surface area contributed by atoms with Gasteiger partial charge in [0.25, 0.3) is 0 Å². The van der Waals surface area contributed by atoms with Gasteiger partial charge in [-0.2, -0.15) is 0 Å². The second kappa shape index (κ2) is 5.88. The van der Waals surface area contributed by atoms with E-state index in [0.717, 1.165) is 19.3 Å². The smallest absolute Gasteiger partial charge is 0.328 e. The number of aliphatic hydroxyl groups is 1. The zero-order chi connectivity index (χ0) is 14.0. The van der Waals surface area contributed by atoms with Gasteiger partial charge in [-0.1, -0.05) is 12.8 Å². The van der Waals surface area contributed by atoms with Crippen molar-refractivity contribution in [2.24, 2.45) is 5.92 Å². The third-order valence-corrected chi connectivity index (χ3v) is 4.23. The summed E-state index contributed by atoms with van der Waals surface area (Å²) in [4.78, 5) is 23.0. The Hall–Kier alpha value is -1.14. The van der Waals surface area contributed by atoms with Crippen LogP contribution in [0.5, 0.6) is 0 Å². The van der Waals surface area contributed by atoms with Gasteiger partial charge in [-0.05, 0) is 32.1 Å². The zero-order valence-corrected chi connectivity index (χ0v) is 11.1. The first kappa shape index (κ1) is 14.3. The Morgan fingerprint density at radius 3 is 2.58 bits per heavy atom. The van der Waals surface area contributed by atoms with Crippen molar-refractivity contribution in [2.45, 2.75) is 63.3 Å². The van der Waals surface area contributed by atoms with Crippen molar-refractivity contribution in [1.82, 2.24) is 10.6 Å². The summed E-state index contributed by atoms with van der Waals surface area (Å²) in [5.41, 5.74) is 0. The summed E-state index contributed by atoms with van der Waals surface area (Å²) < 4.78 is 0. The average Bonchev–Trinajstić information content (AvgIpc) is 2.78. The van der Waals surface area contributed by atoms with Crippen LogP contribution in [0.2, 0.25) is 0 Å². The number of nitrogens with one attached hydrogen (secondary N) is 2. The summed E-state index contributed by atoms with van der Waals surface area (Å²) in [6, 6.07) is -1.18. The number of aliphatic carboxylic acids is 1. The summed E-state index contributed by atoms with van der Waals surface area (Å²) in [5.74, 6) is -0.999. The molecule has 0 aromatic carbocycles. The van der Waals surface area contributed by atoms with Crippen molar-refractivity contribution in [1.29, 1.82) is 0 Å². The third kappa shape index (κ3) is 3.25. The topological polar surface area (TPSA) is 98.7 Å². The van der Waals surface area contributed by atoms with Crippen molar-refractivity contribution in [3.8, 4) is 0 Å². The van der Waals surface area contributed by atoms with Crippen LogP contribution in [-0.2, 0) is 9.59 Å². The van der Waals surface area contributed by atoms with E-state index in [1.165, 1.54) is 19.8 Å². The van der Waals surface area contributed by atoms with Crippen LogP contribution in [0.25, 0.3) is 0 Å². The number of fused-ring (bicyclic) bond motifs is 1. The number of hydrogen-bond donors (Lipinski definition) is 4. The molecule has 1 aliphatic carbocycles. The fourth-order valence-corrected chi connectivity index (χ4v) is 3.16. The fourth-order valence-electron chi connectivity index (χ4n) is 3.16. The van der Waals surface area contributed by atoms with Gasteiger partial charge in [0.15, 0.2) is 6.04 Å². The first-order valence-corrected chi connectivity index (χ1v) is 6.96. The molecule has 0 aromatic heterocycles. The van der Waals surface area contributed by atoms with Gasteiger partial charge in [-0.25, -0.2) is 4.79 Å². The summed E-state index contributed by atoms with van der Waals surface area (Å²) >= 11 is 0. The van der Waals surface area contributed by atoms with Crippen LogP contribution < -0.4 is 10.6 Å². The first-order valence-electron chi connectivity index (χ1n) is 6.96. The molecular weight excluding hydrogens is 248 g/mol.